The van der Waals surface area contributed by atoms with Crippen LogP contribution in [-0.2, 0) is 24.3 Å². The van der Waals surface area contributed by atoms with Crippen LogP contribution >= 0.6 is 0 Å². The normalized spacial score (nSPS) is 39.9. The maximum atomic E-state index is 13.3. The highest BCUT2D eigenvalue weighted by Crippen LogP contribution is 2.35. The molecule has 1 unspecified atom stereocenters. The standard InChI is InChI=1S/C31H60N4O9S/c1-10-45(41,42)32-14-12-11-13-23-16-25(36)35(9)18-19(2)17-31(6,40)28(21(4)26(37)22(5)29(39)33-23)44-30-27(38)24(34(7)8)15-20(3)43-30/h10,19-24,26-30,32-33,37-40H,1,11-18H2,2-9H3/t19-,20-,21+,22-,23+,24+,26+,27-,28-,29?,30+,31-/m1/s1. The molecular formula is C31H60N4O9S. The van der Waals surface area contributed by atoms with Crippen LogP contribution in [0.4, 0.5) is 0 Å². The van der Waals surface area contributed by atoms with Gasteiger partial charge < -0.3 is 39.7 Å². The highest BCUT2D eigenvalue weighted by atomic mass is 32.2. The molecule has 2 fully saturated rings. The van der Waals surface area contributed by atoms with E-state index in [0.29, 0.717) is 32.2 Å². The minimum atomic E-state index is -3.52. The lowest BCUT2D eigenvalue weighted by molar-refractivity contribution is -0.299. The zero-order chi connectivity index (χ0) is 34.3. The number of hydrogen-bond donors (Lipinski definition) is 6. The summed E-state index contributed by atoms with van der Waals surface area (Å²) in [6, 6.07) is -0.662. The second kappa shape index (κ2) is 17.3. The van der Waals surface area contributed by atoms with Crippen LogP contribution in [0.5, 0.6) is 0 Å². The summed E-state index contributed by atoms with van der Waals surface area (Å²) in [7, 11) is 1.93. The molecule has 0 bridgehead atoms. The summed E-state index contributed by atoms with van der Waals surface area (Å²) in [6.45, 7) is 12.8. The molecule has 0 aromatic rings. The maximum Gasteiger partial charge on any atom is 0.233 e. The van der Waals surface area contributed by atoms with Gasteiger partial charge in [0.2, 0.25) is 15.9 Å². The largest absolute Gasteiger partial charge is 0.392 e. The summed E-state index contributed by atoms with van der Waals surface area (Å²) < 4.78 is 38.1. The number of nitrogens with one attached hydrogen (secondary N) is 2. The number of likely N-dealkylation sites (N-methyl/N-ethyl adjacent to an activating group) is 1. The molecule has 13 nitrogen and oxygen atoms in total. The number of sulfonamides is 1. The maximum absolute atomic E-state index is 13.3. The average Bonchev–Trinajstić information content (AvgIpc) is 2.94. The van der Waals surface area contributed by atoms with Crippen molar-refractivity contribution in [2.45, 2.75) is 128 Å². The lowest BCUT2D eigenvalue weighted by atomic mass is 9.77. The Kier molecular flexibility index (Phi) is 15.3. The first-order chi connectivity index (χ1) is 20.8. The van der Waals surface area contributed by atoms with Gasteiger partial charge in [-0.05, 0) is 59.5 Å². The summed E-state index contributed by atoms with van der Waals surface area (Å²) in [5.74, 6) is -1.72. The fraction of sp³-hybridized carbons (Fsp3) is 0.903. The number of nitrogens with zero attached hydrogens (tertiary/aromatic N) is 2. The van der Waals surface area contributed by atoms with Crippen LogP contribution in [0.15, 0.2) is 12.0 Å². The fourth-order valence-corrected chi connectivity index (χ4v) is 7.28. The Hall–Kier alpha value is -1.20. The molecule has 0 radical (unpaired) electrons. The quantitative estimate of drug-likeness (QED) is 0.180. The SMILES string of the molecule is C=CS(=O)(=O)NCCCC[C@H]1CC(=O)N(C)C[C@H](C)C[C@@](C)(O)[C@H](O[C@@H]2O[C@H](C)C[C@H](N(C)C)[C@H]2O)[C@@H](C)[C@H](O)[C@@H](C)C(O)N1. The molecule has 0 aliphatic carbocycles. The molecule has 0 aromatic carbocycles. The Bertz CT molecular complexity index is 1050. The number of carbonyl (C=O) groups is 1. The number of unbranched alkanes of at least 4 members (excludes halogenated alkanes) is 1. The van der Waals surface area contributed by atoms with Crippen molar-refractivity contribution in [1.82, 2.24) is 19.8 Å². The summed E-state index contributed by atoms with van der Waals surface area (Å²) in [4.78, 5) is 16.8. The molecule has 12 atom stereocenters. The minimum absolute atomic E-state index is 0.0985. The predicted octanol–water partition coefficient (Wildman–Crippen LogP) is 0.580. The van der Waals surface area contributed by atoms with Gasteiger partial charge in [-0.1, -0.05) is 33.8 Å². The third-order valence-corrected chi connectivity index (χ3v) is 10.4. The summed E-state index contributed by atoms with van der Waals surface area (Å²) in [6.07, 6.45) is -3.06. The Morgan fingerprint density at radius 1 is 1.16 bits per heavy atom. The zero-order valence-corrected chi connectivity index (χ0v) is 29.2. The van der Waals surface area contributed by atoms with Crippen LogP contribution in [0, 0.1) is 17.8 Å². The van der Waals surface area contributed by atoms with E-state index in [1.807, 2.05) is 32.8 Å². The first-order valence-corrected chi connectivity index (χ1v) is 17.7. The molecular weight excluding hydrogens is 604 g/mol. The van der Waals surface area contributed by atoms with Crippen molar-refractivity contribution in [3.05, 3.63) is 12.0 Å². The van der Waals surface area contributed by atoms with E-state index in [9.17, 15) is 33.6 Å². The molecule has 0 spiro atoms. The van der Waals surface area contributed by atoms with Gasteiger partial charge in [-0.15, -0.1) is 0 Å². The molecule has 45 heavy (non-hydrogen) atoms. The molecule has 2 heterocycles. The summed E-state index contributed by atoms with van der Waals surface area (Å²) in [5, 5.41) is 49.8. The van der Waals surface area contributed by atoms with E-state index in [1.165, 1.54) is 0 Å². The lowest BCUT2D eigenvalue weighted by Gasteiger charge is -2.47. The van der Waals surface area contributed by atoms with E-state index in [-0.39, 0.29) is 43.4 Å². The van der Waals surface area contributed by atoms with Gasteiger partial charge in [0.25, 0.3) is 0 Å². The van der Waals surface area contributed by atoms with Crippen LogP contribution in [0.2, 0.25) is 0 Å². The smallest absolute Gasteiger partial charge is 0.233 e. The van der Waals surface area contributed by atoms with Crippen molar-refractivity contribution >= 4 is 15.9 Å². The van der Waals surface area contributed by atoms with Crippen LogP contribution in [0.3, 0.4) is 0 Å². The average molecular weight is 665 g/mol. The zero-order valence-electron chi connectivity index (χ0n) is 28.4. The van der Waals surface area contributed by atoms with Gasteiger partial charge in [-0.25, -0.2) is 13.1 Å². The predicted molar refractivity (Wildman–Crippen MR) is 172 cm³/mol. The van der Waals surface area contributed by atoms with E-state index >= 15 is 0 Å². The third-order valence-electron chi connectivity index (χ3n) is 9.33. The topological polar surface area (TPSA) is 181 Å². The van der Waals surface area contributed by atoms with E-state index in [1.54, 1.807) is 32.7 Å². The van der Waals surface area contributed by atoms with Crippen LogP contribution in [-0.4, -0.2) is 133 Å². The van der Waals surface area contributed by atoms with Crippen molar-refractivity contribution in [2.75, 3.05) is 34.2 Å². The Balaban J connectivity index is 2.32. The number of amides is 1. The lowest BCUT2D eigenvalue weighted by Crippen LogP contribution is -2.59. The van der Waals surface area contributed by atoms with E-state index in [0.717, 1.165) is 5.41 Å². The number of ether oxygens (including phenoxy) is 2. The second-order valence-corrected chi connectivity index (χ2v) is 15.6. The van der Waals surface area contributed by atoms with Crippen molar-refractivity contribution in [1.29, 1.82) is 0 Å². The molecule has 0 aromatic heterocycles. The van der Waals surface area contributed by atoms with Crippen LogP contribution in [0.25, 0.3) is 0 Å². The number of hydrogen-bond acceptors (Lipinski definition) is 11. The molecule has 2 aliphatic heterocycles. The molecule has 6 N–H and O–H groups in total. The van der Waals surface area contributed by atoms with E-state index in [4.69, 9.17) is 9.47 Å². The van der Waals surface area contributed by atoms with E-state index < -0.39 is 64.3 Å². The molecule has 2 rings (SSSR count). The van der Waals surface area contributed by atoms with Crippen LogP contribution < -0.4 is 10.0 Å². The minimum Gasteiger partial charge on any atom is -0.392 e. The van der Waals surface area contributed by atoms with Gasteiger partial charge in [-0.2, -0.15) is 0 Å². The van der Waals surface area contributed by atoms with Gasteiger partial charge in [0.15, 0.2) is 6.29 Å². The Morgan fingerprint density at radius 3 is 2.40 bits per heavy atom. The number of rotatable bonds is 10. The van der Waals surface area contributed by atoms with Crippen molar-refractivity contribution in [3.63, 3.8) is 0 Å². The van der Waals surface area contributed by atoms with Gasteiger partial charge >= 0.3 is 0 Å². The van der Waals surface area contributed by atoms with Crippen LogP contribution in [0.1, 0.15) is 73.1 Å². The Labute approximate surface area is 270 Å². The fourth-order valence-electron chi connectivity index (χ4n) is 6.73. The van der Waals surface area contributed by atoms with Crippen molar-refractivity contribution < 1.29 is 43.1 Å². The van der Waals surface area contributed by atoms with Gasteiger partial charge in [0.1, 0.15) is 12.3 Å². The third kappa shape index (κ3) is 11.8. The summed E-state index contributed by atoms with van der Waals surface area (Å²) in [5.41, 5.74) is -1.49. The second-order valence-electron chi connectivity index (χ2n) is 13.9. The molecule has 1 amide bonds. The first-order valence-electron chi connectivity index (χ1n) is 16.2. The monoisotopic (exact) mass is 664 g/mol. The number of carbonyl (C=O) groups excluding carboxylic acids is 1. The molecule has 2 aliphatic rings. The van der Waals surface area contributed by atoms with Crippen molar-refractivity contribution in [2.24, 2.45) is 17.8 Å². The summed E-state index contributed by atoms with van der Waals surface area (Å²) >= 11 is 0. The van der Waals surface area contributed by atoms with Gasteiger partial charge in [-0.3, -0.25) is 10.1 Å². The molecule has 2 saturated heterocycles. The van der Waals surface area contributed by atoms with E-state index in [2.05, 4.69) is 16.6 Å². The van der Waals surface area contributed by atoms with Gasteiger partial charge in [0.05, 0.1) is 23.9 Å². The number of aliphatic hydroxyl groups is 4. The Morgan fingerprint density at radius 2 is 1.80 bits per heavy atom. The molecule has 264 valence electrons. The molecule has 0 saturated carbocycles. The first kappa shape index (κ1) is 40.0. The number of aliphatic hydroxyl groups excluding tert-OH is 3. The highest BCUT2D eigenvalue weighted by molar-refractivity contribution is 7.92. The van der Waals surface area contributed by atoms with Gasteiger partial charge in [0, 0.05) is 55.9 Å². The highest BCUT2D eigenvalue weighted by Gasteiger charge is 2.47. The molecule has 14 heteroatoms. The van der Waals surface area contributed by atoms with Crippen molar-refractivity contribution in [3.8, 4) is 0 Å².